The maximum atomic E-state index is 13.6. The first-order valence-corrected chi connectivity index (χ1v) is 15.8. The van der Waals surface area contributed by atoms with Crippen molar-refractivity contribution in [2.24, 2.45) is 0 Å². The first-order chi connectivity index (χ1) is 17.2. The van der Waals surface area contributed by atoms with Gasteiger partial charge in [-0.15, -0.1) is 0 Å². The van der Waals surface area contributed by atoms with Gasteiger partial charge in [-0.3, -0.25) is 14.5 Å². The Labute approximate surface area is 216 Å². The van der Waals surface area contributed by atoms with Gasteiger partial charge in [0.1, 0.15) is 11.3 Å². The van der Waals surface area contributed by atoms with Crippen molar-refractivity contribution in [3.63, 3.8) is 0 Å². The highest BCUT2D eigenvalue weighted by molar-refractivity contribution is 7.74. The molecule has 2 aromatic carbocycles. The lowest BCUT2D eigenvalue weighted by atomic mass is 10.0. The van der Waals surface area contributed by atoms with Gasteiger partial charge in [0.15, 0.2) is 0 Å². The third-order valence-corrected chi connectivity index (χ3v) is 9.05. The summed E-state index contributed by atoms with van der Waals surface area (Å²) in [7, 11) is -1.37. The number of nitrogens with one attached hydrogen (secondary N) is 1. The third-order valence-electron chi connectivity index (χ3n) is 6.80. The fourth-order valence-electron chi connectivity index (χ4n) is 4.70. The van der Waals surface area contributed by atoms with E-state index in [0.717, 1.165) is 35.5 Å². The van der Waals surface area contributed by atoms with Crippen LogP contribution in [-0.2, 0) is 24.4 Å². The van der Waals surface area contributed by atoms with Gasteiger partial charge in [0.2, 0.25) is 11.3 Å². The van der Waals surface area contributed by atoms with Crippen molar-refractivity contribution < 1.29 is 14.3 Å². The summed E-state index contributed by atoms with van der Waals surface area (Å²) in [4.78, 5) is 29.1. The highest BCUT2D eigenvalue weighted by Crippen LogP contribution is 2.54. The Balaban J connectivity index is 1.53. The van der Waals surface area contributed by atoms with E-state index in [1.54, 1.807) is 18.3 Å². The highest BCUT2D eigenvalue weighted by atomic mass is 35.5. The topological polar surface area (TPSA) is 72.8 Å². The molecule has 1 unspecified atom stereocenters. The number of amides is 1. The van der Waals surface area contributed by atoms with E-state index in [1.807, 2.05) is 22.8 Å². The molecule has 36 heavy (non-hydrogen) atoms. The summed E-state index contributed by atoms with van der Waals surface area (Å²) < 4.78 is 14.0. The summed E-state index contributed by atoms with van der Waals surface area (Å²) in [5, 5.41) is 4.07. The zero-order valence-electron chi connectivity index (χ0n) is 20.9. The second-order valence-electron chi connectivity index (χ2n) is 10.4. The Bertz CT molecular complexity index is 1340. The van der Waals surface area contributed by atoms with Crippen LogP contribution in [0.5, 0.6) is 5.75 Å². The molecule has 3 heterocycles. The summed E-state index contributed by atoms with van der Waals surface area (Å²) >= 11 is 5.97. The lowest BCUT2D eigenvalue weighted by Crippen LogP contribution is -2.36. The van der Waals surface area contributed by atoms with Crippen LogP contribution in [0.2, 0.25) is 5.02 Å². The molecule has 1 fully saturated rings. The molecule has 1 N–H and O–H groups in total. The van der Waals surface area contributed by atoms with Crippen LogP contribution in [0.1, 0.15) is 21.5 Å². The summed E-state index contributed by atoms with van der Waals surface area (Å²) in [5.74, 6) is 0.362. The number of benzene rings is 2. The number of pyridine rings is 1. The fraction of sp³-hybridized carbons (Fsp3) is 0.407. The molecule has 1 atom stereocenters. The third kappa shape index (κ3) is 5.30. The molecule has 2 aliphatic rings. The molecule has 5 rings (SSSR count). The van der Waals surface area contributed by atoms with Crippen LogP contribution in [0.25, 0.3) is 10.9 Å². The van der Waals surface area contributed by atoms with E-state index >= 15 is 0 Å². The van der Waals surface area contributed by atoms with Crippen molar-refractivity contribution in [3.05, 3.63) is 74.5 Å². The minimum Gasteiger partial charge on any atom is -0.453 e. The van der Waals surface area contributed by atoms with Gasteiger partial charge in [-0.2, -0.15) is 0 Å². The molecule has 1 aromatic heterocycles. The Hall–Kier alpha value is -2.44. The number of morpholine rings is 1. The van der Waals surface area contributed by atoms with Gasteiger partial charge in [-0.05, 0) is 35.4 Å². The lowest BCUT2D eigenvalue weighted by molar-refractivity contribution is 0.0341. The van der Waals surface area contributed by atoms with E-state index in [1.165, 1.54) is 0 Å². The largest absolute Gasteiger partial charge is 0.453 e. The van der Waals surface area contributed by atoms with E-state index < -0.39 is 7.26 Å². The number of ether oxygens (including phenoxy) is 2. The number of carbonyl (C=O) groups excluding carboxylic acids is 1. The smallest absolute Gasteiger partial charge is 0.257 e. The summed E-state index contributed by atoms with van der Waals surface area (Å²) in [6.45, 7) is 11.5. The molecule has 190 valence electrons. The molecular formula is C27H32ClN3O4P+. The average molecular weight is 529 g/mol. The van der Waals surface area contributed by atoms with Crippen LogP contribution < -0.4 is 15.5 Å². The molecule has 9 heteroatoms. The van der Waals surface area contributed by atoms with E-state index in [2.05, 4.69) is 36.3 Å². The second-order valence-corrected chi connectivity index (χ2v) is 15.6. The van der Waals surface area contributed by atoms with Crippen LogP contribution in [-0.4, -0.2) is 67.5 Å². The lowest BCUT2D eigenvalue weighted by Gasteiger charge is -2.32. The summed E-state index contributed by atoms with van der Waals surface area (Å²) in [5.41, 5.74) is 2.57. The zero-order valence-corrected chi connectivity index (χ0v) is 22.6. The van der Waals surface area contributed by atoms with Crippen molar-refractivity contribution in [2.45, 2.75) is 25.5 Å². The van der Waals surface area contributed by atoms with Crippen molar-refractivity contribution in [1.29, 1.82) is 0 Å². The molecule has 0 aliphatic carbocycles. The Morgan fingerprint density at radius 2 is 1.83 bits per heavy atom. The van der Waals surface area contributed by atoms with Crippen LogP contribution in [0.4, 0.5) is 0 Å². The molecular weight excluding hydrogens is 497 g/mol. The monoisotopic (exact) mass is 528 g/mol. The van der Waals surface area contributed by atoms with Gasteiger partial charge in [-0.1, -0.05) is 23.7 Å². The fourth-order valence-corrected chi connectivity index (χ4v) is 5.92. The number of hydrogen-bond donors (Lipinski definition) is 1. The standard InChI is InChI=1S/C27H31ClN3O4P/c1-36(2,3)24-17-31-16-22(27(33)29-14-18-4-6-20(28)7-5-18)26(32)21-12-19(13-23(35-24)25(21)31)15-30-8-10-34-11-9-30/h4-7,12-13,16,24H,8-11,14-15,17H2,1-3H3/p+1. The van der Waals surface area contributed by atoms with Crippen molar-refractivity contribution in [3.8, 4) is 5.75 Å². The summed E-state index contributed by atoms with van der Waals surface area (Å²) in [6, 6.07) is 11.3. The van der Waals surface area contributed by atoms with Crippen molar-refractivity contribution >= 4 is 35.7 Å². The molecule has 0 bridgehead atoms. The van der Waals surface area contributed by atoms with Crippen LogP contribution in [0.3, 0.4) is 0 Å². The Morgan fingerprint density at radius 3 is 2.53 bits per heavy atom. The molecule has 0 radical (unpaired) electrons. The second kappa shape index (κ2) is 10.1. The van der Waals surface area contributed by atoms with E-state index in [-0.39, 0.29) is 22.7 Å². The van der Waals surface area contributed by atoms with Gasteiger partial charge in [0, 0.05) is 44.7 Å². The highest BCUT2D eigenvalue weighted by Gasteiger charge is 2.38. The molecule has 7 nitrogen and oxygen atoms in total. The quantitative estimate of drug-likeness (QED) is 0.489. The van der Waals surface area contributed by atoms with Gasteiger partial charge < -0.3 is 19.4 Å². The van der Waals surface area contributed by atoms with Crippen molar-refractivity contribution in [2.75, 3.05) is 46.3 Å². The van der Waals surface area contributed by atoms with Gasteiger partial charge >= 0.3 is 0 Å². The van der Waals surface area contributed by atoms with E-state index in [4.69, 9.17) is 21.1 Å². The van der Waals surface area contributed by atoms with E-state index in [0.29, 0.717) is 43.3 Å². The van der Waals surface area contributed by atoms with Crippen molar-refractivity contribution in [1.82, 2.24) is 14.8 Å². The number of rotatable bonds is 6. The molecule has 1 amide bonds. The van der Waals surface area contributed by atoms with Gasteiger partial charge in [-0.25, -0.2) is 0 Å². The maximum absolute atomic E-state index is 13.6. The molecule has 1 saturated heterocycles. The van der Waals surface area contributed by atoms with Crippen LogP contribution in [0, 0.1) is 0 Å². The Kier molecular flexibility index (Phi) is 7.10. The number of carbonyl (C=O) groups is 1. The Morgan fingerprint density at radius 1 is 1.11 bits per heavy atom. The first-order valence-electron chi connectivity index (χ1n) is 12.2. The number of hydrogen-bond acceptors (Lipinski definition) is 5. The number of nitrogens with zero attached hydrogens (tertiary/aromatic N) is 2. The first kappa shape index (κ1) is 25.2. The molecule has 3 aromatic rings. The average Bonchev–Trinajstić information content (AvgIpc) is 2.85. The summed E-state index contributed by atoms with van der Waals surface area (Å²) in [6.07, 6.45) is 1.71. The molecule has 0 saturated carbocycles. The van der Waals surface area contributed by atoms with Gasteiger partial charge in [0.25, 0.3) is 5.91 Å². The molecule has 0 spiro atoms. The normalized spacial score (nSPS) is 18.2. The van der Waals surface area contributed by atoms with Gasteiger partial charge in [0.05, 0.1) is 50.7 Å². The predicted molar refractivity (Wildman–Crippen MR) is 146 cm³/mol. The van der Waals surface area contributed by atoms with Crippen LogP contribution >= 0.6 is 18.9 Å². The molecule has 2 aliphatic heterocycles. The zero-order chi connectivity index (χ0) is 25.4. The number of aromatic nitrogens is 1. The maximum Gasteiger partial charge on any atom is 0.257 e. The van der Waals surface area contributed by atoms with Crippen LogP contribution in [0.15, 0.2) is 47.4 Å². The minimum atomic E-state index is -1.37. The minimum absolute atomic E-state index is 0.0133. The predicted octanol–water partition coefficient (Wildman–Crippen LogP) is 4.04. The SMILES string of the molecule is C[P+](C)(C)C1Cn2cc(C(=O)NCc3ccc(Cl)cc3)c(=O)c3cc(CN4CCOCC4)cc(c32)O1. The van der Waals surface area contributed by atoms with E-state index in [9.17, 15) is 9.59 Å². The number of halogens is 1.